The molecule has 10 aromatic carbocycles. The number of aryl methyl sites for hydroxylation is 1. The van der Waals surface area contributed by atoms with E-state index in [2.05, 4.69) is 325 Å². The van der Waals surface area contributed by atoms with Crippen molar-refractivity contribution in [2.45, 2.75) is 142 Å². The van der Waals surface area contributed by atoms with Gasteiger partial charge in [-0.3, -0.25) is 0 Å². The summed E-state index contributed by atoms with van der Waals surface area (Å²) in [4.78, 5) is 19.1. The Kier molecular flexibility index (Phi) is 25.8. The zero-order valence-electron chi connectivity index (χ0n) is 69.6. The van der Waals surface area contributed by atoms with Crippen LogP contribution in [0.3, 0.4) is 0 Å². The van der Waals surface area contributed by atoms with Crippen molar-refractivity contribution >= 4 is 142 Å². The molecule has 117 heavy (non-hydrogen) atoms. The largest absolute Gasteiger partial charge is 0.500 e. The number of pyridine rings is 4. The standard InChI is InChI=1S/C32H34GeNO.C30H28NO.C21H20NSSi.C20H17FNOSi.2Ir/c1-6-33(7-2,8-3)24-18-20-27(34-22-24)25-19-21-29-30(26-16-12-13-17-28(26)35-29)31(25)32(4,5)23-14-10-9-11-15-23;1-20(2)17-21-15-16-31-27(18-21)22-13-14-28-25(19-22)24-11-8-12-26(29(24)32-28)30(3,4)23-9-6-5-7-10-23;1-14-9-11-16(18-12-10-15(13-22-18)24(2,3)4)21-20(14)17-7-5-6-8-19(17)23-21;1-24(2,3)14-8-10-18(22-12-14)17-6-4-5-16-15-9-7-13(21)11-19(15)23-20(16)17;;/h9-18,20-22H,6-8H2,1-5H3;5-12,14-16,18-20H,17H2,1-4H3;5-10,12-13H,1-4H3;4-5,7-12H,1-3H3;;/q4*-1;;. The summed E-state index contributed by atoms with van der Waals surface area (Å²) in [5.41, 5.74) is 19.7. The summed E-state index contributed by atoms with van der Waals surface area (Å²) < 4.78 is 36.2. The van der Waals surface area contributed by atoms with Gasteiger partial charge in [-0.15, -0.1) is 65.2 Å². The SMILES string of the molecule is CC(C)Cc1ccnc(-c2[c-]cc3oc4c(C(C)(C)c5ccccc5)cccc4c3c2)c1.C[CH2][Ge]([CH2]C)([CH2]C)[c]1ccc(-c2[c-]cc3oc4ccccc4c3c2C(C)(C)c2ccccc2)nc1.C[Si](C)(C)c1ccc(-c2[c-]ccc3c2oc2cc(F)ccc23)nc1.Cc1c[c-]c(-c2ccc([Si](C)(C)C)cn2)c2sc3ccccc3c12.[Ir].[Ir]. The number of para-hydroxylation sites is 2. The van der Waals surface area contributed by atoms with Gasteiger partial charge in [0.25, 0.3) is 0 Å². The Morgan fingerprint density at radius 2 is 1.04 bits per heavy atom. The van der Waals surface area contributed by atoms with E-state index in [1.54, 1.807) is 6.07 Å². The monoisotopic (exact) mass is 2010 g/mol. The Balaban J connectivity index is 0.000000136. The minimum Gasteiger partial charge on any atom is -0.500 e. The molecule has 2 radical (unpaired) electrons. The van der Waals surface area contributed by atoms with Gasteiger partial charge in [-0.2, -0.15) is 11.3 Å². The van der Waals surface area contributed by atoms with Gasteiger partial charge in [0.05, 0.1) is 27.3 Å². The average Bonchev–Trinajstić information content (AvgIpc) is 1.67. The molecule has 7 nitrogen and oxygen atoms in total. The zero-order valence-corrected chi connectivity index (χ0v) is 79.3. The second-order valence-electron chi connectivity index (χ2n) is 34.0. The van der Waals surface area contributed by atoms with Gasteiger partial charge >= 0.3 is 212 Å². The van der Waals surface area contributed by atoms with E-state index in [9.17, 15) is 4.39 Å². The first-order valence-corrected chi connectivity index (χ1v) is 53.6. The van der Waals surface area contributed by atoms with Crippen LogP contribution in [0.2, 0.25) is 55.0 Å². The topological polar surface area (TPSA) is 91.0 Å². The van der Waals surface area contributed by atoms with Crippen molar-refractivity contribution in [2.75, 3.05) is 0 Å². The molecule has 0 amide bonds. The molecule has 0 spiro atoms. The first-order chi connectivity index (χ1) is 55.3. The molecule has 596 valence electrons. The molecule has 14 heteroatoms. The van der Waals surface area contributed by atoms with Crippen LogP contribution in [0, 0.1) is 42.9 Å². The van der Waals surface area contributed by atoms with Gasteiger partial charge in [0.1, 0.15) is 17.0 Å². The third-order valence-corrected chi connectivity index (χ3v) is 40.4. The van der Waals surface area contributed by atoms with E-state index in [-0.39, 0.29) is 56.9 Å². The third-order valence-electron chi connectivity index (χ3n) is 23.4. The predicted octanol–water partition coefficient (Wildman–Crippen LogP) is 27.4. The number of aromatic nitrogens is 4. The molecule has 0 fully saturated rings. The van der Waals surface area contributed by atoms with Crippen LogP contribution in [0.15, 0.2) is 269 Å². The van der Waals surface area contributed by atoms with E-state index in [1.165, 1.54) is 96.2 Å². The molecule has 0 atom stereocenters. The van der Waals surface area contributed by atoms with Crippen molar-refractivity contribution in [3.05, 3.63) is 319 Å². The van der Waals surface area contributed by atoms with Crippen LogP contribution in [-0.2, 0) is 57.5 Å². The quantitative estimate of drug-likeness (QED) is 0.0703. The molecular weight excluding hydrogens is 1910 g/mol. The summed E-state index contributed by atoms with van der Waals surface area (Å²) in [6.45, 7) is 36.8. The van der Waals surface area contributed by atoms with Gasteiger partial charge in [0.15, 0.2) is 0 Å². The maximum atomic E-state index is 13.5. The first-order valence-electron chi connectivity index (χ1n) is 40.3. The number of furan rings is 3. The van der Waals surface area contributed by atoms with E-state index in [0.717, 1.165) is 106 Å². The fraction of sp³-hybridized carbons (Fsp3) is 0.223. The third kappa shape index (κ3) is 17.3. The minimum absolute atomic E-state index is 0. The molecule has 0 aliphatic carbocycles. The number of benzene rings is 10. The summed E-state index contributed by atoms with van der Waals surface area (Å²) in [6.07, 6.45) is 9.14. The number of nitrogens with zero attached hydrogens (tertiary/aromatic N) is 4. The fourth-order valence-corrected chi connectivity index (χ4v) is 27.1. The van der Waals surface area contributed by atoms with E-state index in [4.69, 9.17) is 23.2 Å². The Bertz CT molecular complexity index is 6530. The summed E-state index contributed by atoms with van der Waals surface area (Å²) in [6, 6.07) is 92.6. The molecule has 0 saturated carbocycles. The summed E-state index contributed by atoms with van der Waals surface area (Å²) in [5.74, 6) is 0.311. The average molecular weight is 2010 g/mol. The van der Waals surface area contributed by atoms with Crippen LogP contribution in [0.1, 0.15) is 95.7 Å². The van der Waals surface area contributed by atoms with Gasteiger partial charge in [-0.1, -0.05) is 198 Å². The zero-order chi connectivity index (χ0) is 80.7. The van der Waals surface area contributed by atoms with Gasteiger partial charge in [-0.05, 0) is 79.7 Å². The number of fused-ring (bicyclic) bond motifs is 12. The molecule has 8 aromatic heterocycles. The summed E-state index contributed by atoms with van der Waals surface area (Å²) in [7, 11) is -2.70. The second-order valence-corrected chi connectivity index (χ2v) is 56.3. The van der Waals surface area contributed by atoms with Crippen molar-refractivity contribution in [1.82, 2.24) is 19.9 Å². The molecule has 0 N–H and O–H groups in total. The molecule has 18 aromatic rings. The fourth-order valence-electron chi connectivity index (χ4n) is 16.4. The minimum atomic E-state index is -2.06. The number of halogens is 1. The maximum Gasteiger partial charge on any atom is 0.126 e. The molecule has 18 rings (SSSR count). The van der Waals surface area contributed by atoms with Crippen molar-refractivity contribution in [1.29, 1.82) is 0 Å². The van der Waals surface area contributed by atoms with Crippen LogP contribution in [0.5, 0.6) is 0 Å². The Hall–Kier alpha value is -9.37. The Morgan fingerprint density at radius 3 is 1.68 bits per heavy atom. The van der Waals surface area contributed by atoms with Gasteiger partial charge in [0.2, 0.25) is 0 Å². The van der Waals surface area contributed by atoms with Crippen molar-refractivity contribution in [3.63, 3.8) is 0 Å². The molecule has 0 aliphatic rings. The van der Waals surface area contributed by atoms with Crippen LogP contribution in [0.25, 0.3) is 131 Å². The molecular formula is C103H99FGeIr2N4O3SSi2-4. The van der Waals surface area contributed by atoms with Crippen LogP contribution < -0.4 is 14.8 Å². The maximum absolute atomic E-state index is 13.5. The number of rotatable bonds is 16. The molecule has 0 unspecified atom stereocenters. The first kappa shape index (κ1) is 85.5. The normalized spacial score (nSPS) is 12.1. The Labute approximate surface area is 724 Å². The second kappa shape index (κ2) is 35.3. The summed E-state index contributed by atoms with van der Waals surface area (Å²) in [5, 5.41) is 15.7. The molecule has 0 saturated heterocycles. The van der Waals surface area contributed by atoms with E-state index < -0.39 is 29.4 Å². The van der Waals surface area contributed by atoms with Crippen LogP contribution in [0.4, 0.5) is 4.39 Å². The van der Waals surface area contributed by atoms with E-state index in [1.807, 2.05) is 66.2 Å². The van der Waals surface area contributed by atoms with Crippen molar-refractivity contribution < 1.29 is 57.9 Å². The Morgan fingerprint density at radius 1 is 0.462 bits per heavy atom. The molecule has 8 heterocycles. The van der Waals surface area contributed by atoms with E-state index >= 15 is 0 Å². The number of hydrogen-bond donors (Lipinski definition) is 0. The smallest absolute Gasteiger partial charge is 0.126 e. The summed E-state index contributed by atoms with van der Waals surface area (Å²) >= 11 is -0.215. The predicted molar refractivity (Wildman–Crippen MR) is 492 cm³/mol. The van der Waals surface area contributed by atoms with Gasteiger partial charge in [-0.25, -0.2) is 4.39 Å². The van der Waals surface area contributed by atoms with E-state index in [0.29, 0.717) is 17.1 Å². The van der Waals surface area contributed by atoms with Gasteiger partial charge < -0.3 is 23.8 Å². The number of hydrogen-bond acceptors (Lipinski definition) is 8. The van der Waals surface area contributed by atoms with Crippen LogP contribution >= 0.6 is 11.3 Å². The number of thiophene rings is 1. The molecule has 0 aliphatic heterocycles. The van der Waals surface area contributed by atoms with Gasteiger partial charge in [0, 0.05) is 91.3 Å². The van der Waals surface area contributed by atoms with Crippen molar-refractivity contribution in [2.24, 2.45) is 5.92 Å². The van der Waals surface area contributed by atoms with Crippen molar-refractivity contribution in [3.8, 4) is 45.0 Å². The van der Waals surface area contributed by atoms with Crippen LogP contribution in [-0.4, -0.2) is 49.3 Å². The molecule has 0 bridgehead atoms.